The Morgan fingerprint density at radius 1 is 1.23 bits per heavy atom. The maximum atomic E-state index is 12.2. The highest BCUT2D eigenvalue weighted by Crippen LogP contribution is 2.38. The maximum Gasteiger partial charge on any atom is 0.418 e. The molecule has 6 heteroatoms. The first-order valence-corrected chi connectivity index (χ1v) is 3.57. The fourth-order valence-corrected chi connectivity index (χ4v) is 1.07. The zero-order valence-corrected chi connectivity index (χ0v) is 6.88. The Kier molecular flexibility index (Phi) is 2.66. The average molecular weight is 214 g/mol. The number of alkyl halides is 3. The first kappa shape index (κ1) is 10.1. The van der Waals surface area contributed by atoms with Crippen LogP contribution in [0.2, 0.25) is 5.02 Å². The van der Waals surface area contributed by atoms with Crippen molar-refractivity contribution in [1.29, 1.82) is 0 Å². The van der Waals surface area contributed by atoms with Crippen molar-refractivity contribution in [3.8, 4) is 0 Å². The quantitative estimate of drug-likeness (QED) is 0.555. The molecule has 0 saturated heterocycles. The van der Waals surface area contributed by atoms with Crippen LogP contribution < -0.4 is 5.54 Å². The smallest absolute Gasteiger partial charge is 0.222 e. The van der Waals surface area contributed by atoms with Gasteiger partial charge in [-0.1, -0.05) is 17.7 Å². The zero-order valence-electron chi connectivity index (χ0n) is 6.12. The predicted molar refractivity (Wildman–Crippen MR) is 41.2 cm³/mol. The lowest BCUT2D eigenvalue weighted by atomic mass is 10.2. The molecule has 0 spiro atoms. The van der Waals surface area contributed by atoms with Gasteiger partial charge in [0, 0.05) is 0 Å². The molecule has 0 bridgehead atoms. The van der Waals surface area contributed by atoms with E-state index in [4.69, 9.17) is 11.6 Å². The van der Waals surface area contributed by atoms with Crippen LogP contribution in [0.5, 0.6) is 0 Å². The van der Waals surface area contributed by atoms with Crippen LogP contribution in [0.3, 0.4) is 0 Å². The van der Waals surface area contributed by atoms with E-state index in [1.54, 1.807) is 0 Å². The minimum Gasteiger partial charge on any atom is -0.222 e. The number of halogens is 5. The molecule has 1 nitrogen and oxygen atoms in total. The van der Waals surface area contributed by atoms with Gasteiger partial charge in [-0.2, -0.15) is 13.2 Å². The van der Waals surface area contributed by atoms with Crippen molar-refractivity contribution in [3.05, 3.63) is 28.8 Å². The highest BCUT2D eigenvalue weighted by atomic mass is 35.5. The van der Waals surface area contributed by atoms with Crippen LogP contribution in [0.4, 0.5) is 23.3 Å². The second kappa shape index (κ2) is 3.41. The van der Waals surface area contributed by atoms with Crippen LogP contribution >= 0.6 is 11.6 Å². The molecule has 1 N–H and O–H groups in total. The third kappa shape index (κ3) is 2.03. The molecule has 0 amide bonds. The summed E-state index contributed by atoms with van der Waals surface area (Å²) in [4.78, 5) is 0. The van der Waals surface area contributed by atoms with E-state index in [-0.39, 0.29) is 5.02 Å². The molecule has 0 aliphatic rings. The molecule has 0 fully saturated rings. The van der Waals surface area contributed by atoms with Gasteiger partial charge in [0.1, 0.15) is 0 Å². The van der Waals surface area contributed by atoms with Crippen molar-refractivity contribution in [2.75, 3.05) is 5.54 Å². The van der Waals surface area contributed by atoms with Crippen molar-refractivity contribution >= 4 is 17.3 Å². The molecular weight excluding hydrogens is 210 g/mol. The van der Waals surface area contributed by atoms with E-state index < -0.39 is 17.4 Å². The minimum atomic E-state index is -4.61. The predicted octanol–water partition coefficient (Wildman–Crippen LogP) is 3.66. The first-order valence-electron chi connectivity index (χ1n) is 3.19. The van der Waals surface area contributed by atoms with Crippen LogP contribution in [0.1, 0.15) is 5.56 Å². The number of hydrogen-bond donors (Lipinski definition) is 1. The molecule has 0 atom stereocenters. The Morgan fingerprint density at radius 2 is 1.85 bits per heavy atom. The molecule has 72 valence electrons. The van der Waals surface area contributed by atoms with Gasteiger partial charge < -0.3 is 0 Å². The summed E-state index contributed by atoms with van der Waals surface area (Å²) in [6.45, 7) is 0. The Labute approximate surface area is 76.2 Å². The van der Waals surface area contributed by atoms with Gasteiger partial charge in [-0.05, 0) is 12.1 Å². The number of hydrogen-bond acceptors (Lipinski definition) is 1. The lowest BCUT2D eigenvalue weighted by molar-refractivity contribution is -0.137. The van der Waals surface area contributed by atoms with Gasteiger partial charge in [0.25, 0.3) is 0 Å². The van der Waals surface area contributed by atoms with Crippen LogP contribution in [0.25, 0.3) is 0 Å². The molecule has 0 unspecified atom stereocenters. The maximum absolute atomic E-state index is 12.2. The van der Waals surface area contributed by atoms with Crippen molar-refractivity contribution < 1.29 is 17.7 Å². The summed E-state index contributed by atoms with van der Waals surface area (Å²) in [6, 6.07) is 3.01. The minimum absolute atomic E-state index is 0.308. The lowest BCUT2D eigenvalue weighted by Gasteiger charge is -2.11. The molecule has 0 saturated carbocycles. The van der Waals surface area contributed by atoms with E-state index in [2.05, 4.69) is 0 Å². The lowest BCUT2D eigenvalue weighted by Crippen LogP contribution is -2.07. The molecule has 0 aliphatic heterocycles. The highest BCUT2D eigenvalue weighted by molar-refractivity contribution is 6.33. The standard InChI is InChI=1S/C7H4ClF4N/c8-5-3-1-2-4(6(5)13-12)7(9,10)11/h1-3,13H. The average Bonchev–Trinajstić information content (AvgIpc) is 2.02. The van der Waals surface area contributed by atoms with E-state index in [0.717, 1.165) is 17.7 Å². The summed E-state index contributed by atoms with van der Waals surface area (Å²) < 4.78 is 48.4. The fraction of sp³-hybridized carbons (Fsp3) is 0.143. The van der Waals surface area contributed by atoms with Crippen LogP contribution in [-0.4, -0.2) is 0 Å². The van der Waals surface area contributed by atoms with E-state index >= 15 is 0 Å². The molecule has 1 aromatic carbocycles. The summed E-state index contributed by atoms with van der Waals surface area (Å²) >= 11 is 5.33. The Bertz CT molecular complexity index is 310. The van der Waals surface area contributed by atoms with Crippen LogP contribution in [-0.2, 0) is 6.18 Å². The topological polar surface area (TPSA) is 12.0 Å². The van der Waals surface area contributed by atoms with Gasteiger partial charge in [-0.25, -0.2) is 5.54 Å². The molecular formula is C7H4ClF4N. The summed E-state index contributed by atoms with van der Waals surface area (Å²) in [5.41, 5.74) is -0.957. The number of anilines is 1. The molecule has 1 aromatic rings. The zero-order chi connectivity index (χ0) is 10.1. The third-order valence-electron chi connectivity index (χ3n) is 1.41. The molecule has 0 radical (unpaired) electrons. The summed E-state index contributed by atoms with van der Waals surface area (Å²) in [6.07, 6.45) is -4.61. The summed E-state index contributed by atoms with van der Waals surface area (Å²) in [5.74, 6) is 0. The van der Waals surface area contributed by atoms with Gasteiger partial charge in [0.15, 0.2) is 0 Å². The monoisotopic (exact) mass is 213 g/mol. The molecule has 1 rings (SSSR count). The van der Waals surface area contributed by atoms with E-state index in [0.29, 0.717) is 0 Å². The molecule has 0 aromatic heterocycles. The molecule has 13 heavy (non-hydrogen) atoms. The number of benzene rings is 1. The van der Waals surface area contributed by atoms with Crippen molar-refractivity contribution in [1.82, 2.24) is 0 Å². The van der Waals surface area contributed by atoms with Crippen molar-refractivity contribution in [2.45, 2.75) is 6.18 Å². The number of para-hydroxylation sites is 1. The van der Waals surface area contributed by atoms with E-state index in [1.165, 1.54) is 6.07 Å². The van der Waals surface area contributed by atoms with Gasteiger partial charge in [0.2, 0.25) is 0 Å². The normalized spacial score (nSPS) is 11.5. The van der Waals surface area contributed by atoms with Crippen LogP contribution in [0.15, 0.2) is 18.2 Å². The SMILES string of the molecule is FNc1c(Cl)cccc1C(F)(F)F. The van der Waals surface area contributed by atoms with Crippen molar-refractivity contribution in [2.24, 2.45) is 0 Å². The highest BCUT2D eigenvalue weighted by Gasteiger charge is 2.34. The largest absolute Gasteiger partial charge is 0.418 e. The van der Waals surface area contributed by atoms with E-state index in [1.807, 2.05) is 0 Å². The number of rotatable bonds is 1. The van der Waals surface area contributed by atoms with Gasteiger partial charge in [-0.15, -0.1) is 4.48 Å². The Hall–Kier alpha value is -0.970. The summed E-state index contributed by atoms with van der Waals surface area (Å²) in [5, 5.41) is -0.308. The van der Waals surface area contributed by atoms with Gasteiger partial charge in [-0.3, -0.25) is 0 Å². The second-order valence-corrected chi connectivity index (χ2v) is 2.66. The van der Waals surface area contributed by atoms with Crippen molar-refractivity contribution in [3.63, 3.8) is 0 Å². The molecule has 0 heterocycles. The van der Waals surface area contributed by atoms with E-state index in [9.17, 15) is 17.7 Å². The van der Waals surface area contributed by atoms with Gasteiger partial charge >= 0.3 is 6.18 Å². The fourth-order valence-electron chi connectivity index (χ4n) is 0.856. The Morgan fingerprint density at radius 3 is 2.23 bits per heavy atom. The number of nitrogens with one attached hydrogen (secondary N) is 1. The molecule has 0 aliphatic carbocycles. The van der Waals surface area contributed by atoms with Crippen LogP contribution in [0, 0.1) is 0 Å². The Balaban J connectivity index is 3.29. The summed E-state index contributed by atoms with van der Waals surface area (Å²) in [7, 11) is 0. The second-order valence-electron chi connectivity index (χ2n) is 2.25. The third-order valence-corrected chi connectivity index (χ3v) is 1.73. The first-order chi connectivity index (χ1) is 5.96. The van der Waals surface area contributed by atoms with Gasteiger partial charge in [0.05, 0.1) is 16.3 Å².